The van der Waals surface area contributed by atoms with Gasteiger partial charge in [-0.05, 0) is 37.8 Å². The molecule has 0 saturated carbocycles. The number of hydrogen-bond donors (Lipinski definition) is 2. The van der Waals surface area contributed by atoms with Crippen molar-refractivity contribution in [1.82, 2.24) is 15.2 Å². The molecule has 5 heteroatoms. The third-order valence-electron chi connectivity index (χ3n) is 3.54. The van der Waals surface area contributed by atoms with Crippen molar-refractivity contribution in [1.29, 1.82) is 0 Å². The van der Waals surface area contributed by atoms with E-state index in [1.54, 1.807) is 4.90 Å². The molecule has 0 spiro atoms. The Labute approximate surface area is 113 Å². The number of hydrogen-bond acceptors (Lipinski definition) is 3. The Kier molecular flexibility index (Phi) is 4.74. The van der Waals surface area contributed by atoms with Crippen molar-refractivity contribution in [2.75, 3.05) is 19.6 Å². The maximum Gasteiger partial charge on any atom is 0.407 e. The summed E-state index contributed by atoms with van der Waals surface area (Å²) in [6.07, 6.45) is 3.83. The SMILES string of the molecule is Cc1ccc(CCCC2CNCCN2C(=O)O)nc1. The first-order valence-corrected chi connectivity index (χ1v) is 6.78. The number of aryl methyl sites for hydroxylation is 2. The predicted molar refractivity (Wildman–Crippen MR) is 73.3 cm³/mol. The lowest BCUT2D eigenvalue weighted by Crippen LogP contribution is -2.53. The molecule has 2 heterocycles. The van der Waals surface area contributed by atoms with Crippen LogP contribution in [0.2, 0.25) is 0 Å². The first-order valence-electron chi connectivity index (χ1n) is 6.78. The summed E-state index contributed by atoms with van der Waals surface area (Å²) in [5.74, 6) is 0. The lowest BCUT2D eigenvalue weighted by molar-refractivity contribution is 0.108. The van der Waals surface area contributed by atoms with Gasteiger partial charge in [-0.1, -0.05) is 6.07 Å². The second-order valence-electron chi connectivity index (χ2n) is 5.05. The Bertz CT molecular complexity index is 419. The van der Waals surface area contributed by atoms with Crippen molar-refractivity contribution >= 4 is 6.09 Å². The zero-order valence-corrected chi connectivity index (χ0v) is 11.3. The molecule has 1 aromatic heterocycles. The van der Waals surface area contributed by atoms with Crippen LogP contribution in [-0.4, -0.2) is 46.8 Å². The molecule has 0 bridgehead atoms. The third-order valence-corrected chi connectivity index (χ3v) is 3.54. The highest BCUT2D eigenvalue weighted by atomic mass is 16.4. The summed E-state index contributed by atoms with van der Waals surface area (Å²) in [5, 5.41) is 12.4. The summed E-state index contributed by atoms with van der Waals surface area (Å²) in [4.78, 5) is 17.0. The first-order chi connectivity index (χ1) is 9.16. The van der Waals surface area contributed by atoms with Gasteiger partial charge in [0.1, 0.15) is 0 Å². The monoisotopic (exact) mass is 263 g/mol. The van der Waals surface area contributed by atoms with Gasteiger partial charge in [-0.3, -0.25) is 4.98 Å². The molecular formula is C14H21N3O2. The van der Waals surface area contributed by atoms with Gasteiger partial charge in [0.15, 0.2) is 0 Å². The number of amides is 1. The molecule has 0 aliphatic carbocycles. The molecule has 1 fully saturated rings. The zero-order valence-electron chi connectivity index (χ0n) is 11.3. The number of carboxylic acid groups (broad SMARTS) is 1. The number of nitrogens with one attached hydrogen (secondary N) is 1. The van der Waals surface area contributed by atoms with Crippen molar-refractivity contribution in [2.24, 2.45) is 0 Å². The fraction of sp³-hybridized carbons (Fsp3) is 0.571. The Morgan fingerprint density at radius 3 is 3.11 bits per heavy atom. The van der Waals surface area contributed by atoms with Crippen molar-refractivity contribution in [3.05, 3.63) is 29.6 Å². The van der Waals surface area contributed by atoms with Gasteiger partial charge in [-0.25, -0.2) is 4.79 Å². The third kappa shape index (κ3) is 3.92. The van der Waals surface area contributed by atoms with Crippen LogP contribution in [0.5, 0.6) is 0 Å². The quantitative estimate of drug-likeness (QED) is 0.867. The summed E-state index contributed by atoms with van der Waals surface area (Å²) < 4.78 is 0. The van der Waals surface area contributed by atoms with Gasteiger partial charge in [-0.15, -0.1) is 0 Å². The number of aromatic nitrogens is 1. The Balaban J connectivity index is 1.80. The minimum Gasteiger partial charge on any atom is -0.465 e. The molecule has 5 nitrogen and oxygen atoms in total. The average Bonchev–Trinajstić information content (AvgIpc) is 2.41. The van der Waals surface area contributed by atoms with Crippen LogP contribution in [0.15, 0.2) is 18.3 Å². The maximum atomic E-state index is 11.1. The standard InChI is InChI=1S/C14H21N3O2/c1-11-5-6-12(16-9-11)3-2-4-13-10-15-7-8-17(13)14(18)19/h5-6,9,13,15H,2-4,7-8,10H2,1H3,(H,18,19). The Morgan fingerprint density at radius 1 is 1.58 bits per heavy atom. The highest BCUT2D eigenvalue weighted by Crippen LogP contribution is 2.12. The van der Waals surface area contributed by atoms with E-state index < -0.39 is 6.09 Å². The average molecular weight is 263 g/mol. The van der Waals surface area contributed by atoms with Gasteiger partial charge in [0.25, 0.3) is 0 Å². The van der Waals surface area contributed by atoms with E-state index in [1.807, 2.05) is 19.2 Å². The molecule has 104 valence electrons. The second kappa shape index (κ2) is 6.52. The lowest BCUT2D eigenvalue weighted by atomic mass is 10.0. The van der Waals surface area contributed by atoms with Crippen LogP contribution in [0.3, 0.4) is 0 Å². The number of pyridine rings is 1. The molecule has 1 atom stereocenters. The number of nitrogens with zero attached hydrogens (tertiary/aromatic N) is 2. The molecule has 2 rings (SSSR count). The van der Waals surface area contributed by atoms with Gasteiger partial charge >= 0.3 is 6.09 Å². The van der Waals surface area contributed by atoms with Gasteiger partial charge < -0.3 is 15.3 Å². The highest BCUT2D eigenvalue weighted by Gasteiger charge is 2.25. The molecule has 2 N–H and O–H groups in total. The molecule has 1 aliphatic heterocycles. The summed E-state index contributed by atoms with van der Waals surface area (Å²) in [5.41, 5.74) is 2.24. The summed E-state index contributed by atoms with van der Waals surface area (Å²) in [6.45, 7) is 4.12. The Hall–Kier alpha value is -1.62. The number of rotatable bonds is 4. The van der Waals surface area contributed by atoms with E-state index in [4.69, 9.17) is 5.11 Å². The number of piperazine rings is 1. The van der Waals surface area contributed by atoms with E-state index in [9.17, 15) is 4.79 Å². The van der Waals surface area contributed by atoms with Gasteiger partial charge in [0, 0.05) is 37.6 Å². The summed E-state index contributed by atoms with van der Waals surface area (Å²) in [7, 11) is 0. The lowest BCUT2D eigenvalue weighted by Gasteiger charge is -2.34. The van der Waals surface area contributed by atoms with Gasteiger partial charge in [0.05, 0.1) is 0 Å². The molecule has 1 saturated heterocycles. The summed E-state index contributed by atoms with van der Waals surface area (Å²) in [6, 6.07) is 4.20. The van der Waals surface area contributed by atoms with Crippen molar-refractivity contribution in [3.8, 4) is 0 Å². The van der Waals surface area contributed by atoms with E-state index in [0.29, 0.717) is 6.54 Å². The fourth-order valence-corrected chi connectivity index (χ4v) is 2.44. The molecule has 1 unspecified atom stereocenters. The van der Waals surface area contributed by atoms with Crippen LogP contribution >= 0.6 is 0 Å². The van der Waals surface area contributed by atoms with E-state index in [1.165, 1.54) is 0 Å². The van der Waals surface area contributed by atoms with E-state index in [-0.39, 0.29) is 6.04 Å². The van der Waals surface area contributed by atoms with Gasteiger partial charge in [-0.2, -0.15) is 0 Å². The fourth-order valence-electron chi connectivity index (χ4n) is 2.44. The normalized spacial score (nSPS) is 19.4. The van der Waals surface area contributed by atoms with E-state index in [0.717, 1.165) is 43.6 Å². The zero-order chi connectivity index (χ0) is 13.7. The van der Waals surface area contributed by atoms with Crippen LogP contribution in [0.25, 0.3) is 0 Å². The van der Waals surface area contributed by atoms with Gasteiger partial charge in [0.2, 0.25) is 0 Å². The van der Waals surface area contributed by atoms with E-state index >= 15 is 0 Å². The second-order valence-corrected chi connectivity index (χ2v) is 5.05. The number of carbonyl (C=O) groups is 1. The molecule has 19 heavy (non-hydrogen) atoms. The molecule has 1 aliphatic rings. The van der Waals surface area contributed by atoms with E-state index in [2.05, 4.69) is 16.4 Å². The topological polar surface area (TPSA) is 65.5 Å². The largest absolute Gasteiger partial charge is 0.465 e. The maximum absolute atomic E-state index is 11.1. The molecule has 1 amide bonds. The smallest absolute Gasteiger partial charge is 0.407 e. The minimum atomic E-state index is -0.806. The van der Waals surface area contributed by atoms with Crippen LogP contribution in [0.1, 0.15) is 24.1 Å². The highest BCUT2D eigenvalue weighted by molar-refractivity contribution is 5.65. The first kappa shape index (κ1) is 13.8. The van der Waals surface area contributed by atoms with Crippen molar-refractivity contribution in [2.45, 2.75) is 32.2 Å². The summed E-state index contributed by atoms with van der Waals surface area (Å²) >= 11 is 0. The van der Waals surface area contributed by atoms with Crippen molar-refractivity contribution in [3.63, 3.8) is 0 Å². The molecular weight excluding hydrogens is 242 g/mol. The van der Waals surface area contributed by atoms with Crippen LogP contribution < -0.4 is 5.32 Å². The molecule has 0 radical (unpaired) electrons. The van der Waals surface area contributed by atoms with Crippen molar-refractivity contribution < 1.29 is 9.90 Å². The molecule has 1 aromatic rings. The van der Waals surface area contributed by atoms with Crippen LogP contribution in [0.4, 0.5) is 4.79 Å². The molecule has 0 aromatic carbocycles. The van der Waals surface area contributed by atoms with Crippen LogP contribution in [-0.2, 0) is 6.42 Å². The predicted octanol–water partition coefficient (Wildman–Crippen LogP) is 1.66. The van der Waals surface area contributed by atoms with Crippen LogP contribution in [0, 0.1) is 6.92 Å². The Morgan fingerprint density at radius 2 is 2.42 bits per heavy atom. The minimum absolute atomic E-state index is 0.0942.